The van der Waals surface area contributed by atoms with Crippen LogP contribution in [0.2, 0.25) is 0 Å². The zero-order chi connectivity index (χ0) is 18.6. The Bertz CT molecular complexity index is 832. The first kappa shape index (κ1) is 17.0. The standard InChI is InChI=1S/C23H29N3O/c1-15-21(16(2)26(25-15)14-17-6-4-3-5-7-17)22(27)24-23-11-18-8-19(12-23)10-20(9-18)13-23/h3-7,18-20H,8-14H2,1-2H3,(H,24,27). The third-order valence-electron chi connectivity index (χ3n) is 7.20. The highest BCUT2D eigenvalue weighted by atomic mass is 16.1. The van der Waals surface area contributed by atoms with Crippen LogP contribution < -0.4 is 5.32 Å². The lowest BCUT2D eigenvalue weighted by atomic mass is 9.53. The highest BCUT2D eigenvalue weighted by Gasteiger charge is 2.51. The minimum absolute atomic E-state index is 0.0479. The van der Waals surface area contributed by atoms with Gasteiger partial charge in [-0.15, -0.1) is 0 Å². The first-order valence-electron chi connectivity index (χ1n) is 10.4. The quantitative estimate of drug-likeness (QED) is 0.883. The summed E-state index contributed by atoms with van der Waals surface area (Å²) in [5.74, 6) is 2.59. The van der Waals surface area contributed by atoms with Gasteiger partial charge in [-0.05, 0) is 75.7 Å². The highest BCUT2D eigenvalue weighted by molar-refractivity contribution is 5.97. The largest absolute Gasteiger partial charge is 0.346 e. The summed E-state index contributed by atoms with van der Waals surface area (Å²) in [6, 6.07) is 10.3. The number of carbonyl (C=O) groups is 1. The Morgan fingerprint density at radius 3 is 2.26 bits per heavy atom. The molecule has 4 aliphatic carbocycles. The maximum absolute atomic E-state index is 13.3. The molecule has 0 aliphatic heterocycles. The van der Waals surface area contributed by atoms with Crippen molar-refractivity contribution in [1.29, 1.82) is 0 Å². The van der Waals surface area contributed by atoms with Gasteiger partial charge in [0.05, 0.1) is 17.8 Å². The lowest BCUT2D eigenvalue weighted by Gasteiger charge is -2.56. The number of nitrogens with one attached hydrogen (secondary N) is 1. The molecule has 1 aromatic carbocycles. The molecule has 4 saturated carbocycles. The van der Waals surface area contributed by atoms with Crippen molar-refractivity contribution in [2.45, 2.75) is 64.5 Å². The van der Waals surface area contributed by atoms with Crippen LogP contribution in [0, 0.1) is 31.6 Å². The molecule has 0 unspecified atom stereocenters. The number of hydrogen-bond donors (Lipinski definition) is 1. The molecule has 4 fully saturated rings. The topological polar surface area (TPSA) is 46.9 Å². The van der Waals surface area contributed by atoms with Crippen molar-refractivity contribution in [3.8, 4) is 0 Å². The minimum atomic E-state index is 0.0479. The van der Waals surface area contributed by atoms with E-state index in [0.29, 0.717) is 6.54 Å². The molecule has 142 valence electrons. The van der Waals surface area contributed by atoms with E-state index >= 15 is 0 Å². The molecule has 27 heavy (non-hydrogen) atoms. The van der Waals surface area contributed by atoms with Crippen LogP contribution in [-0.4, -0.2) is 21.2 Å². The van der Waals surface area contributed by atoms with Gasteiger partial charge in [-0.2, -0.15) is 5.10 Å². The summed E-state index contributed by atoms with van der Waals surface area (Å²) >= 11 is 0. The van der Waals surface area contributed by atoms with Crippen LogP contribution in [0.3, 0.4) is 0 Å². The number of carbonyl (C=O) groups excluding carboxylic acids is 1. The van der Waals surface area contributed by atoms with Gasteiger partial charge in [-0.25, -0.2) is 0 Å². The Morgan fingerprint density at radius 1 is 1.07 bits per heavy atom. The maximum Gasteiger partial charge on any atom is 0.255 e. The van der Waals surface area contributed by atoms with Crippen LogP contribution in [0.15, 0.2) is 30.3 Å². The van der Waals surface area contributed by atoms with Crippen LogP contribution in [0.25, 0.3) is 0 Å². The first-order valence-corrected chi connectivity index (χ1v) is 10.4. The number of rotatable bonds is 4. The van der Waals surface area contributed by atoms with Gasteiger partial charge in [0.25, 0.3) is 5.91 Å². The molecule has 4 heteroatoms. The number of hydrogen-bond acceptors (Lipinski definition) is 2. The van der Waals surface area contributed by atoms with E-state index in [-0.39, 0.29) is 11.4 Å². The second-order valence-electron chi connectivity index (χ2n) is 9.34. The molecule has 4 aliphatic rings. The fourth-order valence-electron chi connectivity index (χ4n) is 6.50. The fourth-order valence-corrected chi connectivity index (χ4v) is 6.50. The zero-order valence-electron chi connectivity index (χ0n) is 16.4. The smallest absolute Gasteiger partial charge is 0.255 e. The summed E-state index contributed by atoms with van der Waals surface area (Å²) in [4.78, 5) is 13.3. The number of nitrogens with zero attached hydrogens (tertiary/aromatic N) is 2. The SMILES string of the molecule is Cc1nn(Cc2ccccc2)c(C)c1C(=O)NC12CC3CC(CC(C3)C1)C2. The van der Waals surface area contributed by atoms with Gasteiger partial charge in [-0.1, -0.05) is 30.3 Å². The van der Waals surface area contributed by atoms with Gasteiger partial charge < -0.3 is 5.32 Å². The van der Waals surface area contributed by atoms with Crippen molar-refractivity contribution in [2.24, 2.45) is 17.8 Å². The molecule has 4 bridgehead atoms. The molecule has 1 heterocycles. The van der Waals surface area contributed by atoms with Crippen molar-refractivity contribution in [3.63, 3.8) is 0 Å². The monoisotopic (exact) mass is 363 g/mol. The maximum atomic E-state index is 13.3. The van der Waals surface area contributed by atoms with E-state index in [4.69, 9.17) is 0 Å². The Hall–Kier alpha value is -2.10. The Kier molecular flexibility index (Phi) is 3.92. The molecule has 6 rings (SSSR count). The molecule has 1 amide bonds. The summed E-state index contributed by atoms with van der Waals surface area (Å²) in [6.07, 6.45) is 7.72. The average molecular weight is 364 g/mol. The Morgan fingerprint density at radius 2 is 1.67 bits per heavy atom. The van der Waals surface area contributed by atoms with Crippen molar-refractivity contribution >= 4 is 5.91 Å². The van der Waals surface area contributed by atoms with Crippen molar-refractivity contribution in [1.82, 2.24) is 15.1 Å². The van der Waals surface area contributed by atoms with E-state index in [1.165, 1.54) is 44.1 Å². The number of aromatic nitrogens is 2. The van der Waals surface area contributed by atoms with E-state index in [9.17, 15) is 4.79 Å². The van der Waals surface area contributed by atoms with Crippen molar-refractivity contribution in [3.05, 3.63) is 52.8 Å². The zero-order valence-corrected chi connectivity index (χ0v) is 16.4. The molecular formula is C23H29N3O. The second kappa shape index (κ2) is 6.22. The normalized spacial score (nSPS) is 31.3. The van der Waals surface area contributed by atoms with Gasteiger partial charge in [-0.3, -0.25) is 9.48 Å². The summed E-state index contributed by atoms with van der Waals surface area (Å²) in [6.45, 7) is 4.69. The Balaban J connectivity index is 1.38. The van der Waals surface area contributed by atoms with Gasteiger partial charge >= 0.3 is 0 Å². The predicted octanol–water partition coefficient (Wildman–Crippen LogP) is 4.25. The van der Waals surface area contributed by atoms with Crippen LogP contribution in [0.1, 0.15) is 65.8 Å². The van der Waals surface area contributed by atoms with E-state index in [1.807, 2.05) is 36.7 Å². The highest BCUT2D eigenvalue weighted by Crippen LogP contribution is 2.55. The summed E-state index contributed by atoms with van der Waals surface area (Å²) in [7, 11) is 0. The van der Waals surface area contributed by atoms with Gasteiger partial charge in [0.1, 0.15) is 0 Å². The molecule has 1 N–H and O–H groups in total. The van der Waals surface area contributed by atoms with Crippen LogP contribution in [0.4, 0.5) is 0 Å². The van der Waals surface area contributed by atoms with Crippen LogP contribution >= 0.6 is 0 Å². The van der Waals surface area contributed by atoms with Crippen LogP contribution in [0.5, 0.6) is 0 Å². The number of benzene rings is 1. The molecule has 4 nitrogen and oxygen atoms in total. The molecule has 0 atom stereocenters. The predicted molar refractivity (Wildman–Crippen MR) is 106 cm³/mol. The van der Waals surface area contributed by atoms with Gasteiger partial charge in [0.15, 0.2) is 0 Å². The first-order chi connectivity index (χ1) is 13.0. The lowest BCUT2D eigenvalue weighted by molar-refractivity contribution is -0.0167. The van der Waals surface area contributed by atoms with E-state index in [2.05, 4.69) is 22.5 Å². The number of amides is 1. The minimum Gasteiger partial charge on any atom is -0.346 e. The van der Waals surface area contributed by atoms with Crippen molar-refractivity contribution < 1.29 is 4.79 Å². The Labute approximate surface area is 161 Å². The fraction of sp³-hybridized carbons (Fsp3) is 0.565. The molecular weight excluding hydrogens is 334 g/mol. The third-order valence-corrected chi connectivity index (χ3v) is 7.20. The second-order valence-corrected chi connectivity index (χ2v) is 9.34. The lowest BCUT2D eigenvalue weighted by Crippen LogP contribution is -2.59. The van der Waals surface area contributed by atoms with Gasteiger partial charge in [0, 0.05) is 11.2 Å². The third kappa shape index (κ3) is 2.99. The van der Waals surface area contributed by atoms with Crippen LogP contribution in [-0.2, 0) is 6.54 Å². The van der Waals surface area contributed by atoms with Crippen molar-refractivity contribution in [2.75, 3.05) is 0 Å². The summed E-state index contributed by atoms with van der Waals surface area (Å²) in [5.41, 5.74) is 3.84. The van der Waals surface area contributed by atoms with Gasteiger partial charge in [0.2, 0.25) is 0 Å². The average Bonchev–Trinajstić information content (AvgIpc) is 2.87. The summed E-state index contributed by atoms with van der Waals surface area (Å²) in [5, 5.41) is 8.18. The van der Waals surface area contributed by atoms with E-state index < -0.39 is 0 Å². The molecule has 2 aromatic rings. The molecule has 0 saturated heterocycles. The molecule has 1 aromatic heterocycles. The van der Waals surface area contributed by atoms with E-state index in [0.717, 1.165) is 34.7 Å². The number of aryl methyl sites for hydroxylation is 1. The van der Waals surface area contributed by atoms with E-state index in [1.54, 1.807) is 0 Å². The summed E-state index contributed by atoms with van der Waals surface area (Å²) < 4.78 is 1.97. The molecule has 0 radical (unpaired) electrons. The molecule has 0 spiro atoms.